The van der Waals surface area contributed by atoms with E-state index in [9.17, 15) is 9.59 Å². The molecule has 0 aliphatic rings. The zero-order valence-corrected chi connectivity index (χ0v) is 11.9. The summed E-state index contributed by atoms with van der Waals surface area (Å²) in [6.07, 6.45) is 0. The molecule has 7 nitrogen and oxygen atoms in total. The average Bonchev–Trinajstić information content (AvgIpc) is 2.72. The molecular formula is C11H10Cl2N4O3. The van der Waals surface area contributed by atoms with Crippen LogP contribution in [0, 0.1) is 0 Å². The summed E-state index contributed by atoms with van der Waals surface area (Å²) in [6.45, 7) is 1.59. The van der Waals surface area contributed by atoms with Crippen molar-refractivity contribution in [3.05, 3.63) is 38.7 Å². The van der Waals surface area contributed by atoms with Crippen molar-refractivity contribution in [3.8, 4) is 5.69 Å². The Balaban J connectivity index is 2.33. The van der Waals surface area contributed by atoms with Crippen molar-refractivity contribution in [2.24, 2.45) is 0 Å². The van der Waals surface area contributed by atoms with Gasteiger partial charge in [-0.25, -0.2) is 4.79 Å². The minimum absolute atomic E-state index is 0.227. The number of esters is 1. The molecule has 1 aromatic heterocycles. The van der Waals surface area contributed by atoms with Crippen LogP contribution in [-0.2, 0) is 16.1 Å². The van der Waals surface area contributed by atoms with Crippen molar-refractivity contribution in [1.29, 1.82) is 0 Å². The summed E-state index contributed by atoms with van der Waals surface area (Å²) in [7, 11) is 0. The first-order chi connectivity index (χ1) is 9.52. The van der Waals surface area contributed by atoms with Gasteiger partial charge in [0.2, 0.25) is 0 Å². The van der Waals surface area contributed by atoms with Gasteiger partial charge in [-0.3, -0.25) is 4.79 Å². The fraction of sp³-hybridized carbons (Fsp3) is 0.273. The van der Waals surface area contributed by atoms with Crippen molar-refractivity contribution in [2.45, 2.75) is 13.5 Å². The zero-order valence-electron chi connectivity index (χ0n) is 10.4. The second-order valence-corrected chi connectivity index (χ2v) is 4.58. The van der Waals surface area contributed by atoms with Gasteiger partial charge < -0.3 is 4.74 Å². The van der Waals surface area contributed by atoms with Gasteiger partial charge >= 0.3 is 11.7 Å². The van der Waals surface area contributed by atoms with Crippen LogP contribution in [0.2, 0.25) is 10.0 Å². The predicted octanol–water partition coefficient (Wildman–Crippen LogP) is 1.30. The third kappa shape index (κ3) is 3.00. The molecule has 0 fully saturated rings. The Labute approximate surface area is 123 Å². The number of benzene rings is 1. The van der Waals surface area contributed by atoms with Crippen LogP contribution in [0.4, 0.5) is 0 Å². The van der Waals surface area contributed by atoms with Gasteiger partial charge in [-0.2, -0.15) is 9.36 Å². The number of tetrazole rings is 1. The van der Waals surface area contributed by atoms with Crippen LogP contribution in [-0.4, -0.2) is 32.4 Å². The molecule has 0 saturated heterocycles. The fourth-order valence-corrected chi connectivity index (χ4v) is 2.00. The monoisotopic (exact) mass is 316 g/mol. The van der Waals surface area contributed by atoms with Crippen molar-refractivity contribution in [2.75, 3.05) is 6.61 Å². The van der Waals surface area contributed by atoms with Crippen molar-refractivity contribution >= 4 is 29.2 Å². The van der Waals surface area contributed by atoms with Gasteiger partial charge in [0.15, 0.2) is 0 Å². The minimum atomic E-state index is -0.595. The van der Waals surface area contributed by atoms with Gasteiger partial charge in [-0.15, -0.1) is 0 Å². The highest BCUT2D eigenvalue weighted by Gasteiger charge is 2.14. The molecule has 0 N–H and O–H groups in total. The third-order valence-corrected chi connectivity index (χ3v) is 2.90. The number of rotatable bonds is 4. The number of aromatic nitrogens is 4. The number of carbonyl (C=O) groups is 1. The third-order valence-electron chi connectivity index (χ3n) is 2.36. The average molecular weight is 317 g/mol. The van der Waals surface area contributed by atoms with Gasteiger partial charge in [0.25, 0.3) is 0 Å². The van der Waals surface area contributed by atoms with Crippen molar-refractivity contribution in [3.63, 3.8) is 0 Å². The molecule has 0 atom stereocenters. The summed E-state index contributed by atoms with van der Waals surface area (Å²) in [5.41, 5.74) is -0.265. The molecule has 0 spiro atoms. The smallest absolute Gasteiger partial charge is 0.369 e. The summed E-state index contributed by atoms with van der Waals surface area (Å²) < 4.78 is 6.61. The Morgan fingerprint density at radius 3 is 2.75 bits per heavy atom. The maximum atomic E-state index is 12.0. The number of carbonyl (C=O) groups excluding carboxylic acids is 1. The molecule has 0 saturated carbocycles. The highest BCUT2D eigenvalue weighted by Crippen LogP contribution is 2.22. The first kappa shape index (κ1) is 14.5. The Kier molecular flexibility index (Phi) is 4.41. The molecule has 1 heterocycles. The van der Waals surface area contributed by atoms with Gasteiger partial charge in [-0.05, 0) is 35.5 Å². The summed E-state index contributed by atoms with van der Waals surface area (Å²) in [4.78, 5) is 23.4. The normalized spacial score (nSPS) is 10.6. The molecule has 0 radical (unpaired) electrons. The molecular weight excluding hydrogens is 307 g/mol. The molecule has 20 heavy (non-hydrogen) atoms. The van der Waals surface area contributed by atoms with Crippen molar-refractivity contribution in [1.82, 2.24) is 19.8 Å². The Hall–Kier alpha value is -1.86. The first-order valence-corrected chi connectivity index (χ1v) is 6.42. The minimum Gasteiger partial charge on any atom is -0.465 e. The molecule has 1 aromatic carbocycles. The Bertz CT molecular complexity index is 695. The molecule has 0 bridgehead atoms. The summed E-state index contributed by atoms with van der Waals surface area (Å²) in [5.74, 6) is -0.566. The maximum Gasteiger partial charge on any atom is 0.369 e. The van der Waals surface area contributed by atoms with E-state index < -0.39 is 11.7 Å². The van der Waals surface area contributed by atoms with Crippen molar-refractivity contribution < 1.29 is 9.53 Å². The molecule has 2 rings (SSSR count). The maximum absolute atomic E-state index is 12.0. The number of ether oxygens (including phenoxy) is 1. The van der Waals surface area contributed by atoms with Crippen LogP contribution in [0.3, 0.4) is 0 Å². The predicted molar refractivity (Wildman–Crippen MR) is 72.3 cm³/mol. The first-order valence-electron chi connectivity index (χ1n) is 5.66. The number of halogens is 2. The van der Waals surface area contributed by atoms with E-state index in [-0.39, 0.29) is 18.2 Å². The highest BCUT2D eigenvalue weighted by atomic mass is 35.5. The standard InChI is InChI=1S/C11H10Cl2N4O3/c1-2-20-10(18)6-16-11(19)17(15-14-16)9-4-3-7(12)5-8(9)13/h3-5H,2,6H2,1H3. The van der Waals surface area contributed by atoms with E-state index in [1.807, 2.05) is 0 Å². The number of nitrogens with zero attached hydrogens (tertiary/aromatic N) is 4. The Morgan fingerprint density at radius 1 is 1.35 bits per heavy atom. The van der Waals surface area contributed by atoms with Crippen LogP contribution in [0.15, 0.2) is 23.0 Å². The van der Waals surface area contributed by atoms with E-state index >= 15 is 0 Å². The Morgan fingerprint density at radius 2 is 2.10 bits per heavy atom. The lowest BCUT2D eigenvalue weighted by molar-refractivity contribution is -0.144. The SMILES string of the molecule is CCOC(=O)Cn1nnn(-c2ccc(Cl)cc2Cl)c1=O. The molecule has 106 valence electrons. The van der Waals surface area contributed by atoms with E-state index in [4.69, 9.17) is 27.9 Å². The lowest BCUT2D eigenvalue weighted by Gasteiger charge is -2.02. The summed E-state index contributed by atoms with van der Waals surface area (Å²) in [5, 5.41) is 7.96. The second kappa shape index (κ2) is 6.06. The van der Waals surface area contributed by atoms with E-state index in [0.717, 1.165) is 9.36 Å². The zero-order chi connectivity index (χ0) is 14.7. The number of hydrogen-bond acceptors (Lipinski definition) is 5. The van der Waals surface area contributed by atoms with E-state index in [1.165, 1.54) is 12.1 Å². The molecule has 0 aliphatic heterocycles. The van der Waals surface area contributed by atoms with Crippen LogP contribution < -0.4 is 5.69 Å². The molecule has 2 aromatic rings. The quantitative estimate of drug-likeness (QED) is 0.794. The topological polar surface area (TPSA) is 79.0 Å². The summed E-state index contributed by atoms with van der Waals surface area (Å²) >= 11 is 11.8. The van der Waals surface area contributed by atoms with Crippen LogP contribution in [0.1, 0.15) is 6.92 Å². The van der Waals surface area contributed by atoms with Crippen LogP contribution >= 0.6 is 23.2 Å². The van der Waals surface area contributed by atoms with Gasteiger partial charge in [0, 0.05) is 5.02 Å². The van der Waals surface area contributed by atoms with Gasteiger partial charge in [-0.1, -0.05) is 23.2 Å². The molecule has 9 heteroatoms. The fourth-order valence-electron chi connectivity index (χ4n) is 1.51. The van der Waals surface area contributed by atoms with Gasteiger partial charge in [0.1, 0.15) is 6.54 Å². The van der Waals surface area contributed by atoms with E-state index in [0.29, 0.717) is 10.7 Å². The van der Waals surface area contributed by atoms with E-state index in [1.54, 1.807) is 13.0 Å². The molecule has 0 amide bonds. The molecule has 0 aliphatic carbocycles. The lowest BCUT2D eigenvalue weighted by atomic mass is 10.3. The molecule has 0 unspecified atom stereocenters. The van der Waals surface area contributed by atoms with Crippen LogP contribution in [0.25, 0.3) is 5.69 Å². The van der Waals surface area contributed by atoms with Crippen LogP contribution in [0.5, 0.6) is 0 Å². The van der Waals surface area contributed by atoms with Gasteiger partial charge in [0.05, 0.1) is 17.3 Å². The largest absolute Gasteiger partial charge is 0.465 e. The summed E-state index contributed by atoms with van der Waals surface area (Å²) in [6, 6.07) is 4.59. The van der Waals surface area contributed by atoms with E-state index in [2.05, 4.69) is 10.4 Å². The number of hydrogen-bond donors (Lipinski definition) is 0. The highest BCUT2D eigenvalue weighted by molar-refractivity contribution is 6.35. The second-order valence-electron chi connectivity index (χ2n) is 3.73. The lowest BCUT2D eigenvalue weighted by Crippen LogP contribution is -2.28.